The molecule has 1 heterocycles. The van der Waals surface area contributed by atoms with Gasteiger partial charge in [0.2, 0.25) is 0 Å². The van der Waals surface area contributed by atoms with Crippen LogP contribution in [0.25, 0.3) is 0 Å². The number of hydrogen-bond donors (Lipinski definition) is 1. The van der Waals surface area contributed by atoms with Gasteiger partial charge in [0.05, 0.1) is 6.61 Å². The van der Waals surface area contributed by atoms with Crippen LogP contribution in [0.5, 0.6) is 0 Å². The van der Waals surface area contributed by atoms with Crippen molar-refractivity contribution in [3.8, 4) is 0 Å². The summed E-state index contributed by atoms with van der Waals surface area (Å²) in [7, 11) is 0. The third kappa shape index (κ3) is 4.40. The van der Waals surface area contributed by atoms with Gasteiger partial charge in [-0.1, -0.05) is 0 Å². The van der Waals surface area contributed by atoms with E-state index in [1.54, 1.807) is 0 Å². The van der Waals surface area contributed by atoms with Crippen LogP contribution in [0.2, 0.25) is 0 Å². The van der Waals surface area contributed by atoms with Crippen LogP contribution >= 0.6 is 0 Å². The molecule has 0 saturated carbocycles. The second-order valence-electron chi connectivity index (χ2n) is 4.13. The van der Waals surface area contributed by atoms with Crippen LogP contribution < -0.4 is 5.73 Å². The van der Waals surface area contributed by atoms with E-state index in [9.17, 15) is 0 Å². The summed E-state index contributed by atoms with van der Waals surface area (Å²) in [6, 6.07) is 0. The second kappa shape index (κ2) is 7.35. The fourth-order valence-electron chi connectivity index (χ4n) is 1.87. The number of hydrogen-bond acceptors (Lipinski definition) is 4. The first-order valence-electron chi connectivity index (χ1n) is 6.29. The van der Waals surface area contributed by atoms with Gasteiger partial charge in [0, 0.05) is 24.4 Å². The lowest BCUT2D eigenvalue weighted by atomic mass is 10.1. The first-order chi connectivity index (χ1) is 8.19. The summed E-state index contributed by atoms with van der Waals surface area (Å²) in [5.41, 5.74) is 8.94. The number of nitrogens with zero attached hydrogens (tertiary/aromatic N) is 2. The Bertz CT molecular complexity index is 330. The average Bonchev–Trinajstić information content (AvgIpc) is 2.28. The van der Waals surface area contributed by atoms with Gasteiger partial charge in [0.1, 0.15) is 5.82 Å². The zero-order valence-corrected chi connectivity index (χ0v) is 11.1. The number of rotatable bonds is 7. The molecular weight excluding hydrogens is 214 g/mol. The molecule has 1 aromatic rings. The summed E-state index contributed by atoms with van der Waals surface area (Å²) in [6.07, 6.45) is 2.75. The molecule has 0 spiro atoms. The molecule has 0 radical (unpaired) electrons. The van der Waals surface area contributed by atoms with Gasteiger partial charge in [0.15, 0.2) is 0 Å². The SMILES string of the molecule is CCOCCc1nc(C)c(CCCN)c(C)n1. The molecule has 1 aromatic heterocycles. The summed E-state index contributed by atoms with van der Waals surface area (Å²) in [5, 5.41) is 0. The van der Waals surface area contributed by atoms with Crippen molar-refractivity contribution in [2.75, 3.05) is 19.8 Å². The third-order valence-electron chi connectivity index (χ3n) is 2.77. The summed E-state index contributed by atoms with van der Waals surface area (Å²) in [6.45, 7) is 8.23. The van der Waals surface area contributed by atoms with E-state index in [4.69, 9.17) is 10.5 Å². The molecule has 0 aliphatic carbocycles. The lowest BCUT2D eigenvalue weighted by Gasteiger charge is -2.10. The minimum Gasteiger partial charge on any atom is -0.381 e. The van der Waals surface area contributed by atoms with E-state index >= 15 is 0 Å². The largest absolute Gasteiger partial charge is 0.381 e. The molecule has 4 heteroatoms. The molecule has 96 valence electrons. The lowest BCUT2D eigenvalue weighted by Crippen LogP contribution is -2.10. The van der Waals surface area contributed by atoms with Crippen LogP contribution in [-0.4, -0.2) is 29.7 Å². The molecule has 17 heavy (non-hydrogen) atoms. The van der Waals surface area contributed by atoms with E-state index in [1.165, 1.54) is 5.56 Å². The monoisotopic (exact) mass is 237 g/mol. The summed E-state index contributed by atoms with van der Waals surface area (Å²) in [4.78, 5) is 9.05. The lowest BCUT2D eigenvalue weighted by molar-refractivity contribution is 0.149. The van der Waals surface area contributed by atoms with Gasteiger partial charge < -0.3 is 10.5 Å². The van der Waals surface area contributed by atoms with Crippen LogP contribution in [0.3, 0.4) is 0 Å². The molecule has 0 fully saturated rings. The number of ether oxygens (including phenoxy) is 1. The molecule has 0 unspecified atom stereocenters. The molecule has 0 aromatic carbocycles. The highest BCUT2D eigenvalue weighted by atomic mass is 16.5. The molecule has 1 rings (SSSR count). The molecule has 4 nitrogen and oxygen atoms in total. The van der Waals surface area contributed by atoms with Crippen molar-refractivity contribution in [3.05, 3.63) is 22.8 Å². The normalized spacial score (nSPS) is 10.8. The van der Waals surface area contributed by atoms with Crippen LogP contribution in [0.15, 0.2) is 0 Å². The van der Waals surface area contributed by atoms with Crippen molar-refractivity contribution in [1.29, 1.82) is 0 Å². The molecule has 0 aliphatic rings. The zero-order valence-electron chi connectivity index (χ0n) is 11.1. The van der Waals surface area contributed by atoms with Gasteiger partial charge in [-0.25, -0.2) is 9.97 Å². The van der Waals surface area contributed by atoms with Crippen molar-refractivity contribution in [2.45, 2.75) is 40.0 Å². The van der Waals surface area contributed by atoms with Gasteiger partial charge in [-0.3, -0.25) is 0 Å². The van der Waals surface area contributed by atoms with Gasteiger partial charge in [0.25, 0.3) is 0 Å². The Morgan fingerprint density at radius 3 is 2.29 bits per heavy atom. The van der Waals surface area contributed by atoms with Crippen molar-refractivity contribution >= 4 is 0 Å². The zero-order chi connectivity index (χ0) is 12.7. The Balaban J connectivity index is 2.71. The fraction of sp³-hybridized carbons (Fsp3) is 0.692. The Morgan fingerprint density at radius 1 is 1.12 bits per heavy atom. The van der Waals surface area contributed by atoms with E-state index in [2.05, 4.69) is 9.97 Å². The van der Waals surface area contributed by atoms with Gasteiger partial charge in [-0.2, -0.15) is 0 Å². The van der Waals surface area contributed by atoms with Crippen LogP contribution in [-0.2, 0) is 17.6 Å². The molecule has 0 bridgehead atoms. The summed E-state index contributed by atoms with van der Waals surface area (Å²) in [5.74, 6) is 0.880. The average molecular weight is 237 g/mol. The highest BCUT2D eigenvalue weighted by Gasteiger charge is 2.07. The molecule has 0 atom stereocenters. The minimum absolute atomic E-state index is 0.692. The summed E-state index contributed by atoms with van der Waals surface area (Å²) < 4.78 is 5.32. The Labute approximate surface area is 104 Å². The quantitative estimate of drug-likeness (QED) is 0.731. The summed E-state index contributed by atoms with van der Waals surface area (Å²) >= 11 is 0. The van der Waals surface area contributed by atoms with Gasteiger partial charge >= 0.3 is 0 Å². The Kier molecular flexibility index (Phi) is 6.08. The highest BCUT2D eigenvalue weighted by molar-refractivity contribution is 5.24. The molecule has 2 N–H and O–H groups in total. The Morgan fingerprint density at radius 2 is 1.76 bits per heavy atom. The smallest absolute Gasteiger partial charge is 0.131 e. The van der Waals surface area contributed by atoms with E-state index in [0.29, 0.717) is 13.2 Å². The number of aryl methyl sites for hydroxylation is 2. The predicted molar refractivity (Wildman–Crippen MR) is 69.1 cm³/mol. The highest BCUT2D eigenvalue weighted by Crippen LogP contribution is 2.12. The van der Waals surface area contributed by atoms with Crippen LogP contribution in [0.1, 0.15) is 36.1 Å². The van der Waals surface area contributed by atoms with Crippen molar-refractivity contribution in [2.24, 2.45) is 5.73 Å². The predicted octanol–water partition coefficient (Wildman–Crippen LogP) is 1.56. The van der Waals surface area contributed by atoms with E-state index in [1.807, 2.05) is 20.8 Å². The number of nitrogens with two attached hydrogens (primary N) is 1. The molecule has 0 saturated heterocycles. The van der Waals surface area contributed by atoms with E-state index in [-0.39, 0.29) is 0 Å². The van der Waals surface area contributed by atoms with Gasteiger partial charge in [-0.05, 0) is 45.7 Å². The van der Waals surface area contributed by atoms with E-state index in [0.717, 1.165) is 43.1 Å². The number of aromatic nitrogens is 2. The van der Waals surface area contributed by atoms with Gasteiger partial charge in [-0.15, -0.1) is 0 Å². The maximum atomic E-state index is 5.53. The maximum Gasteiger partial charge on any atom is 0.131 e. The molecular formula is C13H23N3O. The minimum atomic E-state index is 0.692. The van der Waals surface area contributed by atoms with Crippen molar-refractivity contribution in [1.82, 2.24) is 9.97 Å². The molecule has 0 aliphatic heterocycles. The second-order valence-corrected chi connectivity index (χ2v) is 4.13. The van der Waals surface area contributed by atoms with E-state index < -0.39 is 0 Å². The Hall–Kier alpha value is -1.00. The topological polar surface area (TPSA) is 61.0 Å². The first kappa shape index (κ1) is 14.1. The van der Waals surface area contributed by atoms with Crippen LogP contribution in [0.4, 0.5) is 0 Å². The first-order valence-corrected chi connectivity index (χ1v) is 6.29. The van der Waals surface area contributed by atoms with Crippen molar-refractivity contribution in [3.63, 3.8) is 0 Å². The molecule has 0 amide bonds. The van der Waals surface area contributed by atoms with Crippen LogP contribution in [0, 0.1) is 13.8 Å². The fourth-order valence-corrected chi connectivity index (χ4v) is 1.87. The van der Waals surface area contributed by atoms with Crippen molar-refractivity contribution < 1.29 is 4.74 Å². The maximum absolute atomic E-state index is 5.53. The standard InChI is InChI=1S/C13H23N3O/c1-4-17-9-7-13-15-10(2)12(6-5-8-14)11(3)16-13/h4-9,14H2,1-3H3. The third-order valence-corrected chi connectivity index (χ3v) is 2.77.